The fourth-order valence-corrected chi connectivity index (χ4v) is 3.86. The minimum atomic E-state index is -3.90. The van der Waals surface area contributed by atoms with Crippen LogP contribution in [0.25, 0.3) is 0 Å². The van der Waals surface area contributed by atoms with Crippen molar-refractivity contribution in [1.82, 2.24) is 4.31 Å². The maximum absolute atomic E-state index is 11.5. The molecule has 0 aromatic carbocycles. The van der Waals surface area contributed by atoms with Crippen molar-refractivity contribution < 1.29 is 18.3 Å². The number of hydrogen-bond acceptors (Lipinski definition) is 4. The summed E-state index contributed by atoms with van der Waals surface area (Å²) in [5, 5.41) is 8.53. The Kier molecular flexibility index (Phi) is 3.17. The molecule has 0 atom stereocenters. The lowest BCUT2D eigenvalue weighted by Gasteiger charge is -2.11. The van der Waals surface area contributed by atoms with Gasteiger partial charge in [-0.25, -0.2) is 9.10 Å². The number of halogens is 1. The smallest absolute Gasteiger partial charge is 0.421 e. The van der Waals surface area contributed by atoms with Crippen LogP contribution in [0.2, 0.25) is 0 Å². The van der Waals surface area contributed by atoms with E-state index in [4.69, 9.17) is 5.11 Å². The van der Waals surface area contributed by atoms with Gasteiger partial charge in [-0.2, -0.15) is 8.42 Å². The lowest BCUT2D eigenvalue weighted by Crippen LogP contribution is -2.31. The van der Waals surface area contributed by atoms with Gasteiger partial charge in [0.25, 0.3) is 10.0 Å². The molecule has 5 nitrogen and oxygen atoms in total. The van der Waals surface area contributed by atoms with E-state index < -0.39 is 16.1 Å². The highest BCUT2D eigenvalue weighted by Crippen LogP contribution is 2.27. The zero-order valence-electron chi connectivity index (χ0n) is 6.97. The van der Waals surface area contributed by atoms with Gasteiger partial charge in [-0.3, -0.25) is 0 Å². The van der Waals surface area contributed by atoms with Crippen LogP contribution in [0.3, 0.4) is 0 Å². The molecule has 14 heavy (non-hydrogen) atoms. The molecule has 1 heterocycles. The molecule has 0 spiro atoms. The average Bonchev–Trinajstić information content (AvgIpc) is 2.50. The van der Waals surface area contributed by atoms with Gasteiger partial charge >= 0.3 is 6.09 Å². The molecule has 78 valence electrons. The molecule has 0 aliphatic carbocycles. The number of thiophene rings is 1. The van der Waals surface area contributed by atoms with E-state index in [0.29, 0.717) is 3.79 Å². The molecule has 0 fully saturated rings. The first-order valence-electron chi connectivity index (χ1n) is 3.33. The van der Waals surface area contributed by atoms with Crippen molar-refractivity contribution in [2.75, 3.05) is 7.05 Å². The molecule has 0 radical (unpaired) electrons. The second-order valence-electron chi connectivity index (χ2n) is 2.31. The van der Waals surface area contributed by atoms with Crippen molar-refractivity contribution in [3.8, 4) is 0 Å². The van der Waals surface area contributed by atoms with E-state index in [2.05, 4.69) is 15.9 Å². The Bertz CT molecular complexity index is 452. The van der Waals surface area contributed by atoms with Crippen LogP contribution >= 0.6 is 27.3 Å². The average molecular weight is 300 g/mol. The minimum Gasteiger partial charge on any atom is -0.464 e. The van der Waals surface area contributed by atoms with Crippen molar-refractivity contribution in [3.63, 3.8) is 0 Å². The third kappa shape index (κ3) is 2.07. The van der Waals surface area contributed by atoms with Gasteiger partial charge in [-0.1, -0.05) is 0 Å². The van der Waals surface area contributed by atoms with Gasteiger partial charge in [0.05, 0.1) is 3.79 Å². The van der Waals surface area contributed by atoms with E-state index in [1.807, 2.05) is 0 Å². The Morgan fingerprint density at radius 1 is 1.57 bits per heavy atom. The molecule has 0 aliphatic rings. The maximum Gasteiger partial charge on any atom is 0.421 e. The van der Waals surface area contributed by atoms with Crippen LogP contribution in [-0.2, 0) is 10.0 Å². The zero-order chi connectivity index (χ0) is 10.9. The standard InChI is InChI=1S/C6H6BrNO4S2/c1-8(6(9)10)14(11,12)5-3-2-4(7)13-5/h2-3H,1H3,(H,9,10). The normalized spacial score (nSPS) is 11.3. The number of rotatable bonds is 2. The van der Waals surface area contributed by atoms with Gasteiger partial charge in [0.1, 0.15) is 4.21 Å². The van der Waals surface area contributed by atoms with Crippen molar-refractivity contribution in [1.29, 1.82) is 0 Å². The fourth-order valence-electron chi connectivity index (χ4n) is 0.674. The molecular formula is C6H6BrNO4S2. The molecule has 0 unspecified atom stereocenters. The van der Waals surface area contributed by atoms with E-state index in [0.717, 1.165) is 18.4 Å². The zero-order valence-corrected chi connectivity index (χ0v) is 10.2. The number of sulfonamides is 1. The lowest BCUT2D eigenvalue weighted by atomic mass is 10.7. The van der Waals surface area contributed by atoms with Crippen LogP contribution in [0.1, 0.15) is 0 Å². The molecule has 0 saturated carbocycles. The summed E-state index contributed by atoms with van der Waals surface area (Å²) in [6.45, 7) is 0. The molecule has 1 N–H and O–H groups in total. The van der Waals surface area contributed by atoms with Crippen LogP contribution in [0.4, 0.5) is 4.79 Å². The number of carbonyl (C=O) groups is 1. The summed E-state index contributed by atoms with van der Waals surface area (Å²) >= 11 is 4.06. The number of carboxylic acid groups (broad SMARTS) is 1. The van der Waals surface area contributed by atoms with Crippen LogP contribution in [0, 0.1) is 0 Å². The van der Waals surface area contributed by atoms with Gasteiger partial charge in [0.2, 0.25) is 0 Å². The van der Waals surface area contributed by atoms with Crippen LogP contribution in [0.15, 0.2) is 20.1 Å². The summed E-state index contributed by atoms with van der Waals surface area (Å²) in [6.07, 6.45) is -1.51. The summed E-state index contributed by atoms with van der Waals surface area (Å²) < 4.78 is 24.0. The molecule has 1 aromatic heterocycles. The number of nitrogens with zero attached hydrogens (tertiary/aromatic N) is 1. The van der Waals surface area contributed by atoms with Gasteiger partial charge < -0.3 is 5.11 Å². The van der Waals surface area contributed by atoms with Crippen molar-refractivity contribution in [3.05, 3.63) is 15.9 Å². The quantitative estimate of drug-likeness (QED) is 0.904. The Balaban J connectivity index is 3.15. The molecule has 1 aromatic rings. The van der Waals surface area contributed by atoms with Gasteiger partial charge in [-0.15, -0.1) is 11.3 Å². The molecule has 0 saturated heterocycles. The van der Waals surface area contributed by atoms with Crippen molar-refractivity contribution in [2.24, 2.45) is 0 Å². The molecule has 1 rings (SSSR count). The summed E-state index contributed by atoms with van der Waals surface area (Å²) in [6, 6.07) is 2.90. The minimum absolute atomic E-state index is 0.00530. The van der Waals surface area contributed by atoms with Gasteiger partial charge in [0, 0.05) is 7.05 Å². The Labute approximate surface area is 93.1 Å². The predicted octanol–water partition coefficient (Wildman–Crippen LogP) is 1.81. The second kappa shape index (κ2) is 3.87. The first-order valence-corrected chi connectivity index (χ1v) is 6.38. The lowest BCUT2D eigenvalue weighted by molar-refractivity contribution is 0.178. The Morgan fingerprint density at radius 2 is 2.14 bits per heavy atom. The van der Waals surface area contributed by atoms with E-state index in [1.165, 1.54) is 6.07 Å². The monoisotopic (exact) mass is 299 g/mol. The van der Waals surface area contributed by atoms with Gasteiger partial charge in [0.15, 0.2) is 0 Å². The predicted molar refractivity (Wildman–Crippen MR) is 55.0 cm³/mol. The second-order valence-corrected chi connectivity index (χ2v) is 6.97. The summed E-state index contributed by atoms with van der Waals surface area (Å²) in [4.78, 5) is 10.5. The van der Waals surface area contributed by atoms with E-state index in [-0.39, 0.29) is 8.51 Å². The molecule has 1 amide bonds. The Morgan fingerprint density at radius 3 is 2.50 bits per heavy atom. The first kappa shape index (κ1) is 11.5. The van der Waals surface area contributed by atoms with Crippen molar-refractivity contribution >= 4 is 43.4 Å². The molecule has 0 bridgehead atoms. The highest BCUT2D eigenvalue weighted by Gasteiger charge is 2.26. The van der Waals surface area contributed by atoms with E-state index in [1.54, 1.807) is 6.07 Å². The van der Waals surface area contributed by atoms with Crippen LogP contribution < -0.4 is 0 Å². The fraction of sp³-hybridized carbons (Fsp3) is 0.167. The van der Waals surface area contributed by atoms with Crippen LogP contribution in [0.5, 0.6) is 0 Å². The van der Waals surface area contributed by atoms with E-state index >= 15 is 0 Å². The maximum atomic E-state index is 11.5. The Hall–Kier alpha value is -0.600. The summed E-state index contributed by atoms with van der Waals surface area (Å²) in [7, 11) is -2.90. The SMILES string of the molecule is CN(C(=O)O)S(=O)(=O)c1ccc(Br)s1. The summed E-state index contributed by atoms with van der Waals surface area (Å²) in [5.74, 6) is 0. The summed E-state index contributed by atoms with van der Waals surface area (Å²) in [5.41, 5.74) is 0. The third-order valence-electron chi connectivity index (χ3n) is 1.43. The highest BCUT2D eigenvalue weighted by molar-refractivity contribution is 9.11. The number of hydrogen-bond donors (Lipinski definition) is 1. The van der Waals surface area contributed by atoms with E-state index in [9.17, 15) is 13.2 Å². The van der Waals surface area contributed by atoms with Crippen molar-refractivity contribution in [2.45, 2.75) is 4.21 Å². The first-order chi connectivity index (χ1) is 6.35. The number of amides is 1. The highest BCUT2D eigenvalue weighted by atomic mass is 79.9. The van der Waals surface area contributed by atoms with Crippen LogP contribution in [-0.4, -0.2) is 31.0 Å². The molecule has 0 aliphatic heterocycles. The van der Waals surface area contributed by atoms with Gasteiger partial charge in [-0.05, 0) is 28.1 Å². The molecule has 8 heteroatoms. The largest absolute Gasteiger partial charge is 0.464 e. The topological polar surface area (TPSA) is 74.7 Å². The molecular weight excluding hydrogens is 294 g/mol. The third-order valence-corrected chi connectivity index (χ3v) is 5.25.